The van der Waals surface area contributed by atoms with E-state index < -0.39 is 0 Å². The highest BCUT2D eigenvalue weighted by Gasteiger charge is 2.12. The largest absolute Gasteiger partial charge is 0.488 e. The maximum absolute atomic E-state index is 5.62. The summed E-state index contributed by atoms with van der Waals surface area (Å²) >= 11 is 0. The molecule has 0 fully saturated rings. The van der Waals surface area contributed by atoms with Gasteiger partial charge in [0.05, 0.1) is 30.4 Å². The maximum atomic E-state index is 5.62. The summed E-state index contributed by atoms with van der Waals surface area (Å²) in [5.74, 6) is 1.37. The van der Waals surface area contributed by atoms with Crippen LogP contribution in [-0.4, -0.2) is 34.7 Å². The molecule has 0 saturated carbocycles. The molecule has 3 rings (SSSR count). The summed E-state index contributed by atoms with van der Waals surface area (Å²) in [6, 6.07) is 10.2. The number of imidazole rings is 1. The Kier molecular flexibility index (Phi) is 6.11. The molecule has 1 aromatic carbocycles. The van der Waals surface area contributed by atoms with Crippen LogP contribution in [0.3, 0.4) is 0 Å². The summed E-state index contributed by atoms with van der Waals surface area (Å²) < 4.78 is 12.6. The molecule has 0 bridgehead atoms. The molecule has 0 saturated heterocycles. The average molecular weight is 313 g/mol. The summed E-state index contributed by atoms with van der Waals surface area (Å²) in [4.78, 5) is 8.85. The summed E-state index contributed by atoms with van der Waals surface area (Å²) in [5, 5.41) is 0. The lowest BCUT2D eigenvalue weighted by Gasteiger charge is -2.07. The van der Waals surface area contributed by atoms with Gasteiger partial charge in [0, 0.05) is 12.7 Å². The van der Waals surface area contributed by atoms with E-state index in [1.807, 2.05) is 49.6 Å². The second-order valence-corrected chi connectivity index (χ2v) is 4.71. The number of ether oxygens (including phenoxy) is 2. The van der Waals surface area contributed by atoms with Crippen LogP contribution in [0.2, 0.25) is 0 Å². The van der Waals surface area contributed by atoms with Crippen LogP contribution in [0.4, 0.5) is 0 Å². The molecule has 0 unspecified atom stereocenters. The Morgan fingerprint density at radius 3 is 2.52 bits per heavy atom. The minimum absolute atomic E-state index is 0.498. The fourth-order valence-electron chi connectivity index (χ4n) is 2.29. The molecular formula is C18H23N3O2. The number of nitrogens with zero attached hydrogens (tertiary/aromatic N) is 3. The smallest absolute Gasteiger partial charge is 0.234 e. The normalized spacial score (nSPS) is 10.3. The molecule has 0 radical (unpaired) electrons. The standard InChI is InChI=1S/C16H17N3O2.C2H6/c1-12-15(13-6-4-3-5-7-13)19-11-14(21-9-8-20-2)10-17-16(19)18-12;1-2/h3-7,10-11H,8-9H2,1-2H3;1-2H3. The third-order valence-corrected chi connectivity index (χ3v) is 3.23. The number of fused-ring (bicyclic) bond motifs is 1. The van der Waals surface area contributed by atoms with Crippen molar-refractivity contribution in [2.45, 2.75) is 20.8 Å². The van der Waals surface area contributed by atoms with Crippen LogP contribution in [0.25, 0.3) is 17.0 Å². The lowest BCUT2D eigenvalue weighted by atomic mass is 10.1. The van der Waals surface area contributed by atoms with Gasteiger partial charge in [0.1, 0.15) is 6.61 Å². The average Bonchev–Trinajstić information content (AvgIpc) is 2.93. The first-order valence-electron chi connectivity index (χ1n) is 7.81. The van der Waals surface area contributed by atoms with Crippen LogP contribution in [0.5, 0.6) is 5.75 Å². The van der Waals surface area contributed by atoms with Gasteiger partial charge in [-0.1, -0.05) is 44.2 Å². The summed E-state index contributed by atoms with van der Waals surface area (Å²) in [5.41, 5.74) is 3.09. The topological polar surface area (TPSA) is 48.7 Å². The predicted octanol–water partition coefficient (Wildman–Crippen LogP) is 3.76. The van der Waals surface area contributed by atoms with E-state index >= 15 is 0 Å². The number of rotatable bonds is 5. The molecule has 5 nitrogen and oxygen atoms in total. The van der Waals surface area contributed by atoms with Crippen LogP contribution >= 0.6 is 0 Å². The second-order valence-electron chi connectivity index (χ2n) is 4.71. The molecular weight excluding hydrogens is 290 g/mol. The molecule has 0 atom stereocenters. The highest BCUT2D eigenvalue weighted by atomic mass is 16.5. The zero-order chi connectivity index (χ0) is 16.7. The molecule has 5 heteroatoms. The highest BCUT2D eigenvalue weighted by molar-refractivity contribution is 5.66. The minimum Gasteiger partial charge on any atom is -0.488 e. The molecule has 0 spiro atoms. The number of hydrogen-bond acceptors (Lipinski definition) is 4. The van der Waals surface area contributed by atoms with Crippen LogP contribution in [0.15, 0.2) is 42.7 Å². The summed E-state index contributed by atoms with van der Waals surface area (Å²) in [6.45, 7) is 7.03. The van der Waals surface area contributed by atoms with E-state index in [1.165, 1.54) is 0 Å². The quantitative estimate of drug-likeness (QED) is 0.673. The molecule has 2 heterocycles. The third kappa shape index (κ3) is 3.87. The van der Waals surface area contributed by atoms with E-state index in [-0.39, 0.29) is 0 Å². The van der Waals surface area contributed by atoms with E-state index in [4.69, 9.17) is 9.47 Å². The van der Waals surface area contributed by atoms with Crippen LogP contribution in [-0.2, 0) is 4.74 Å². The number of hydrogen-bond donors (Lipinski definition) is 0. The predicted molar refractivity (Wildman–Crippen MR) is 91.9 cm³/mol. The van der Waals surface area contributed by atoms with E-state index in [1.54, 1.807) is 13.3 Å². The lowest BCUT2D eigenvalue weighted by molar-refractivity contribution is 0.146. The van der Waals surface area contributed by atoms with E-state index in [2.05, 4.69) is 22.1 Å². The fourth-order valence-corrected chi connectivity index (χ4v) is 2.29. The first-order chi connectivity index (χ1) is 11.3. The zero-order valence-electron chi connectivity index (χ0n) is 14.1. The number of benzene rings is 1. The van der Waals surface area contributed by atoms with Gasteiger partial charge in [-0.05, 0) is 6.92 Å². The molecule has 0 N–H and O–H groups in total. The van der Waals surface area contributed by atoms with Crippen molar-refractivity contribution in [1.29, 1.82) is 0 Å². The van der Waals surface area contributed by atoms with Crippen LogP contribution in [0.1, 0.15) is 19.5 Å². The fraction of sp³-hybridized carbons (Fsp3) is 0.333. The van der Waals surface area contributed by atoms with Crippen molar-refractivity contribution < 1.29 is 9.47 Å². The summed E-state index contributed by atoms with van der Waals surface area (Å²) in [6.07, 6.45) is 3.60. The number of aryl methyl sites for hydroxylation is 1. The van der Waals surface area contributed by atoms with Gasteiger partial charge in [-0.2, -0.15) is 0 Å². The highest BCUT2D eigenvalue weighted by Crippen LogP contribution is 2.25. The second kappa shape index (κ2) is 8.29. The van der Waals surface area contributed by atoms with Crippen molar-refractivity contribution >= 4 is 5.78 Å². The van der Waals surface area contributed by atoms with Gasteiger partial charge in [-0.25, -0.2) is 9.97 Å². The molecule has 0 aliphatic rings. The third-order valence-electron chi connectivity index (χ3n) is 3.23. The lowest BCUT2D eigenvalue weighted by Crippen LogP contribution is -2.05. The van der Waals surface area contributed by atoms with Crippen LogP contribution < -0.4 is 4.74 Å². The van der Waals surface area contributed by atoms with Gasteiger partial charge in [-0.3, -0.25) is 4.40 Å². The van der Waals surface area contributed by atoms with Crippen molar-refractivity contribution in [2.75, 3.05) is 20.3 Å². The first kappa shape index (κ1) is 17.0. The van der Waals surface area contributed by atoms with E-state index in [0.29, 0.717) is 24.7 Å². The Hall–Kier alpha value is -2.40. The van der Waals surface area contributed by atoms with Crippen LogP contribution in [0, 0.1) is 6.92 Å². The SMILES string of the molecule is CC.COCCOc1cnc2nc(C)c(-c3ccccc3)n2c1. The first-order valence-corrected chi connectivity index (χ1v) is 7.81. The molecule has 0 amide bonds. The maximum Gasteiger partial charge on any atom is 0.234 e. The van der Waals surface area contributed by atoms with Gasteiger partial charge in [0.25, 0.3) is 0 Å². The molecule has 122 valence electrons. The van der Waals surface area contributed by atoms with Gasteiger partial charge in [0.2, 0.25) is 5.78 Å². The number of methoxy groups -OCH3 is 1. The van der Waals surface area contributed by atoms with Crippen molar-refractivity contribution in [3.8, 4) is 17.0 Å². The van der Waals surface area contributed by atoms with Crippen molar-refractivity contribution in [3.05, 3.63) is 48.4 Å². The molecule has 23 heavy (non-hydrogen) atoms. The van der Waals surface area contributed by atoms with Gasteiger partial charge in [0.15, 0.2) is 5.75 Å². The minimum atomic E-state index is 0.498. The molecule has 0 aliphatic heterocycles. The van der Waals surface area contributed by atoms with E-state index in [9.17, 15) is 0 Å². The molecule has 3 aromatic rings. The van der Waals surface area contributed by atoms with E-state index in [0.717, 1.165) is 17.0 Å². The Bertz CT molecular complexity index is 739. The van der Waals surface area contributed by atoms with Gasteiger partial charge < -0.3 is 9.47 Å². The van der Waals surface area contributed by atoms with Gasteiger partial charge in [-0.15, -0.1) is 0 Å². The number of aromatic nitrogens is 3. The zero-order valence-corrected chi connectivity index (χ0v) is 14.1. The van der Waals surface area contributed by atoms with Crippen molar-refractivity contribution in [3.63, 3.8) is 0 Å². The van der Waals surface area contributed by atoms with Gasteiger partial charge >= 0.3 is 0 Å². The monoisotopic (exact) mass is 313 g/mol. The Labute approximate surface area is 136 Å². The van der Waals surface area contributed by atoms with Crippen molar-refractivity contribution in [2.24, 2.45) is 0 Å². The Morgan fingerprint density at radius 1 is 1.09 bits per heavy atom. The molecule has 2 aromatic heterocycles. The van der Waals surface area contributed by atoms with Crippen molar-refractivity contribution in [1.82, 2.24) is 14.4 Å². The Balaban J connectivity index is 0.000000924. The summed E-state index contributed by atoms with van der Waals surface area (Å²) in [7, 11) is 1.65. The Morgan fingerprint density at radius 2 is 1.83 bits per heavy atom. The molecule has 0 aliphatic carbocycles.